The number of carbonyl (C=O) groups excluding carboxylic acids is 2. The third kappa shape index (κ3) is 3.96. The number of nitrogens with zero attached hydrogens (tertiary/aromatic N) is 2. The van der Waals surface area contributed by atoms with Crippen molar-refractivity contribution in [2.45, 2.75) is 32.7 Å². The Morgan fingerprint density at radius 3 is 2.92 bits per heavy atom. The summed E-state index contributed by atoms with van der Waals surface area (Å²) in [5.41, 5.74) is 4.53. The van der Waals surface area contributed by atoms with Gasteiger partial charge in [0.05, 0.1) is 6.42 Å². The Morgan fingerprint density at radius 2 is 2.16 bits per heavy atom. The second-order valence-corrected chi connectivity index (χ2v) is 6.52. The third-order valence-electron chi connectivity index (χ3n) is 4.44. The highest BCUT2D eigenvalue weighted by Crippen LogP contribution is 2.26. The van der Waals surface area contributed by atoms with Crippen LogP contribution in [0.4, 0.5) is 16.2 Å². The van der Waals surface area contributed by atoms with Crippen molar-refractivity contribution in [3.63, 3.8) is 0 Å². The fourth-order valence-corrected chi connectivity index (χ4v) is 2.87. The van der Waals surface area contributed by atoms with Crippen molar-refractivity contribution in [1.29, 1.82) is 0 Å². The van der Waals surface area contributed by atoms with Gasteiger partial charge in [0.2, 0.25) is 5.91 Å². The molecule has 0 radical (unpaired) electrons. The summed E-state index contributed by atoms with van der Waals surface area (Å²) >= 11 is 0. The Hall–Kier alpha value is -2.89. The van der Waals surface area contributed by atoms with Gasteiger partial charge >= 0.3 is 6.03 Å². The van der Waals surface area contributed by atoms with Crippen LogP contribution in [0.15, 0.2) is 36.5 Å². The lowest BCUT2D eigenvalue weighted by Gasteiger charge is -2.25. The van der Waals surface area contributed by atoms with Gasteiger partial charge < -0.3 is 15.5 Å². The number of aromatic nitrogens is 1. The van der Waals surface area contributed by atoms with Crippen molar-refractivity contribution in [1.82, 2.24) is 9.88 Å². The molecule has 3 amide bonds. The van der Waals surface area contributed by atoms with Crippen LogP contribution in [-0.2, 0) is 17.6 Å². The first kappa shape index (κ1) is 17.0. The Labute approximate surface area is 147 Å². The van der Waals surface area contributed by atoms with Gasteiger partial charge in [0.1, 0.15) is 0 Å². The van der Waals surface area contributed by atoms with Crippen LogP contribution >= 0.6 is 0 Å². The lowest BCUT2D eigenvalue weighted by atomic mass is 10.1. The van der Waals surface area contributed by atoms with E-state index in [1.54, 1.807) is 24.2 Å². The van der Waals surface area contributed by atoms with Crippen LogP contribution in [0.1, 0.15) is 23.7 Å². The van der Waals surface area contributed by atoms with Crippen molar-refractivity contribution in [3.8, 4) is 0 Å². The van der Waals surface area contributed by atoms with Crippen molar-refractivity contribution >= 4 is 23.3 Å². The number of nitrogens with one attached hydrogen (secondary N) is 2. The summed E-state index contributed by atoms with van der Waals surface area (Å²) in [6.07, 6.45) is 2.83. The van der Waals surface area contributed by atoms with Gasteiger partial charge in [-0.3, -0.25) is 9.78 Å². The molecule has 6 nitrogen and oxygen atoms in total. The molecule has 2 aromatic rings. The lowest BCUT2D eigenvalue weighted by molar-refractivity contribution is -0.115. The third-order valence-corrected chi connectivity index (χ3v) is 4.44. The first-order valence-corrected chi connectivity index (χ1v) is 8.30. The Bertz CT molecular complexity index is 819. The van der Waals surface area contributed by atoms with Gasteiger partial charge in [0.25, 0.3) is 0 Å². The summed E-state index contributed by atoms with van der Waals surface area (Å²) in [4.78, 5) is 29.9. The maximum atomic E-state index is 12.5. The maximum absolute atomic E-state index is 12.5. The number of anilines is 2. The average molecular weight is 338 g/mol. The van der Waals surface area contributed by atoms with Gasteiger partial charge in [-0.2, -0.15) is 0 Å². The number of hydrogen-bond donors (Lipinski definition) is 2. The summed E-state index contributed by atoms with van der Waals surface area (Å²) in [6, 6.07) is 9.26. The molecule has 1 aliphatic rings. The van der Waals surface area contributed by atoms with E-state index in [0.717, 1.165) is 22.5 Å². The van der Waals surface area contributed by atoms with E-state index in [9.17, 15) is 9.59 Å². The molecule has 0 aliphatic carbocycles. The van der Waals surface area contributed by atoms with Crippen LogP contribution in [-0.4, -0.2) is 34.9 Å². The van der Waals surface area contributed by atoms with Gasteiger partial charge in [0.15, 0.2) is 0 Å². The molecule has 130 valence electrons. The van der Waals surface area contributed by atoms with E-state index in [0.29, 0.717) is 18.5 Å². The molecule has 1 aliphatic heterocycles. The molecule has 2 heterocycles. The molecule has 2 N–H and O–H groups in total. The van der Waals surface area contributed by atoms with Crippen molar-refractivity contribution in [2.24, 2.45) is 0 Å². The molecular weight excluding hydrogens is 316 g/mol. The number of aryl methyl sites for hydroxylation is 1. The smallest absolute Gasteiger partial charge is 0.321 e. The van der Waals surface area contributed by atoms with E-state index in [-0.39, 0.29) is 18.0 Å². The number of benzene rings is 1. The Kier molecular flexibility index (Phi) is 4.70. The molecule has 0 saturated heterocycles. The number of rotatable bonds is 4. The van der Waals surface area contributed by atoms with Gasteiger partial charge in [-0.1, -0.05) is 0 Å². The molecule has 0 spiro atoms. The van der Waals surface area contributed by atoms with Crippen LogP contribution in [0.3, 0.4) is 0 Å². The van der Waals surface area contributed by atoms with Gasteiger partial charge in [-0.25, -0.2) is 4.79 Å². The second kappa shape index (κ2) is 6.93. The van der Waals surface area contributed by atoms with Gasteiger partial charge in [-0.15, -0.1) is 0 Å². The quantitative estimate of drug-likeness (QED) is 0.900. The molecule has 25 heavy (non-hydrogen) atoms. The monoisotopic (exact) mass is 338 g/mol. The van der Waals surface area contributed by atoms with Crippen LogP contribution in [0.2, 0.25) is 0 Å². The molecule has 3 rings (SSSR count). The van der Waals surface area contributed by atoms with E-state index < -0.39 is 0 Å². The number of hydrogen-bond acceptors (Lipinski definition) is 3. The summed E-state index contributed by atoms with van der Waals surface area (Å²) in [5, 5.41) is 5.67. The summed E-state index contributed by atoms with van der Waals surface area (Å²) in [5.74, 6) is -0.0186. The lowest BCUT2D eigenvalue weighted by Crippen LogP contribution is -2.39. The highest BCUT2D eigenvalue weighted by atomic mass is 16.2. The number of urea groups is 1. The van der Waals surface area contributed by atoms with Crippen molar-refractivity contribution < 1.29 is 9.59 Å². The molecular formula is C19H22N4O2. The first-order chi connectivity index (χ1) is 11.9. The minimum Gasteiger partial charge on any atom is -0.326 e. The highest BCUT2D eigenvalue weighted by molar-refractivity contribution is 6.00. The average Bonchev–Trinajstić information content (AvgIpc) is 2.93. The van der Waals surface area contributed by atoms with E-state index in [2.05, 4.69) is 15.6 Å². The molecule has 1 aromatic heterocycles. The largest absolute Gasteiger partial charge is 0.326 e. The van der Waals surface area contributed by atoms with Crippen LogP contribution in [0.5, 0.6) is 0 Å². The minimum absolute atomic E-state index is 0.00646. The second-order valence-electron chi connectivity index (χ2n) is 6.52. The van der Waals surface area contributed by atoms with Crippen molar-refractivity contribution in [2.75, 3.05) is 17.7 Å². The van der Waals surface area contributed by atoms with Gasteiger partial charge in [0, 0.05) is 42.8 Å². The van der Waals surface area contributed by atoms with Crippen molar-refractivity contribution in [3.05, 3.63) is 53.3 Å². The molecule has 1 unspecified atom stereocenters. The molecule has 0 fully saturated rings. The molecule has 1 aromatic carbocycles. The zero-order valence-electron chi connectivity index (χ0n) is 14.7. The number of fused-ring (bicyclic) bond motifs is 1. The van der Waals surface area contributed by atoms with Gasteiger partial charge in [-0.05, 0) is 55.3 Å². The predicted octanol–water partition coefficient (Wildman–Crippen LogP) is 2.98. The zero-order chi connectivity index (χ0) is 18.0. The molecule has 0 saturated carbocycles. The number of amides is 3. The highest BCUT2D eigenvalue weighted by Gasteiger charge is 2.20. The number of pyridine rings is 1. The fraction of sp³-hybridized carbons (Fsp3) is 0.316. The number of likely N-dealkylation sites (N-methyl/N-ethyl adjacent to an activating group) is 1. The zero-order valence-corrected chi connectivity index (χ0v) is 14.7. The minimum atomic E-state index is -0.183. The van der Waals surface area contributed by atoms with Crippen LogP contribution in [0.25, 0.3) is 0 Å². The van der Waals surface area contributed by atoms with E-state index in [1.165, 1.54) is 0 Å². The summed E-state index contributed by atoms with van der Waals surface area (Å²) in [6.45, 7) is 4.02. The normalized spacial score (nSPS) is 13.8. The van der Waals surface area contributed by atoms with E-state index in [4.69, 9.17) is 0 Å². The standard InChI is InChI=1S/C19H22N4O2/c1-12-6-7-20-16(8-12)9-13(2)23(3)19(25)21-15-4-5-17-14(10-15)11-18(24)22-17/h4-8,10,13H,9,11H2,1-3H3,(H,21,25)(H,22,24). The Morgan fingerprint density at radius 1 is 1.36 bits per heavy atom. The van der Waals surface area contributed by atoms with E-state index in [1.807, 2.05) is 38.1 Å². The van der Waals surface area contributed by atoms with E-state index >= 15 is 0 Å². The SMILES string of the molecule is Cc1ccnc(CC(C)N(C)C(=O)Nc2ccc3c(c2)CC(=O)N3)c1. The molecule has 6 heteroatoms. The maximum Gasteiger partial charge on any atom is 0.321 e. The number of carbonyl (C=O) groups is 2. The molecule has 0 bridgehead atoms. The topological polar surface area (TPSA) is 74.3 Å². The Balaban J connectivity index is 1.62. The summed E-state index contributed by atoms with van der Waals surface area (Å²) < 4.78 is 0. The summed E-state index contributed by atoms with van der Waals surface area (Å²) in [7, 11) is 1.77. The van der Waals surface area contributed by atoms with Crippen LogP contribution in [0, 0.1) is 6.92 Å². The predicted molar refractivity (Wildman–Crippen MR) is 97.7 cm³/mol. The van der Waals surface area contributed by atoms with Crippen LogP contribution < -0.4 is 10.6 Å². The molecule has 1 atom stereocenters. The fourth-order valence-electron chi connectivity index (χ4n) is 2.87. The first-order valence-electron chi connectivity index (χ1n) is 8.30.